The maximum atomic E-state index is 4.62. The third-order valence-corrected chi connectivity index (χ3v) is 3.82. The van der Waals surface area contributed by atoms with Crippen molar-refractivity contribution >= 4 is 6.21 Å². The van der Waals surface area contributed by atoms with Crippen LogP contribution in [-0.2, 0) is 0 Å². The first-order valence-corrected chi connectivity index (χ1v) is 6.18. The zero-order valence-corrected chi connectivity index (χ0v) is 9.76. The van der Waals surface area contributed by atoms with E-state index in [2.05, 4.69) is 46.8 Å². The van der Waals surface area contributed by atoms with E-state index < -0.39 is 0 Å². The van der Waals surface area contributed by atoms with Crippen LogP contribution in [0.15, 0.2) is 28.9 Å². The van der Waals surface area contributed by atoms with Crippen LogP contribution in [-0.4, -0.2) is 43.3 Å². The highest BCUT2D eigenvalue weighted by atomic mass is 15.2. The second-order valence-electron chi connectivity index (χ2n) is 5.07. The van der Waals surface area contributed by atoms with Gasteiger partial charge in [0.2, 0.25) is 0 Å². The van der Waals surface area contributed by atoms with E-state index >= 15 is 0 Å². The highest BCUT2D eigenvalue weighted by molar-refractivity contribution is 5.80. The Morgan fingerprint density at radius 2 is 2.50 bits per heavy atom. The van der Waals surface area contributed by atoms with Crippen LogP contribution in [0.3, 0.4) is 0 Å². The predicted molar refractivity (Wildman–Crippen MR) is 66.6 cm³/mol. The highest BCUT2D eigenvalue weighted by Gasteiger charge is 2.27. The normalized spacial score (nSPS) is 36.7. The maximum absolute atomic E-state index is 4.62. The average molecular weight is 217 g/mol. The Balaban J connectivity index is 1.68. The van der Waals surface area contributed by atoms with Gasteiger partial charge in [-0.15, -0.1) is 0 Å². The standard InChI is InChI=1S/C13H19N3/c1-16-5-3-12-13(16)7-11(9-15-12)6-10-2-4-14-8-10/h3,5,7,9-10,12-14H,2,4,6,8H2,1H3. The fourth-order valence-corrected chi connectivity index (χ4v) is 2.82. The van der Waals surface area contributed by atoms with Gasteiger partial charge in [-0.25, -0.2) is 0 Å². The van der Waals surface area contributed by atoms with Gasteiger partial charge in [-0.3, -0.25) is 4.99 Å². The molecule has 1 saturated heterocycles. The van der Waals surface area contributed by atoms with Gasteiger partial charge in [-0.05, 0) is 49.7 Å². The summed E-state index contributed by atoms with van der Waals surface area (Å²) in [6, 6.07) is 0.824. The Morgan fingerprint density at radius 3 is 3.31 bits per heavy atom. The molecule has 0 aromatic carbocycles. The van der Waals surface area contributed by atoms with Crippen molar-refractivity contribution in [1.82, 2.24) is 10.2 Å². The van der Waals surface area contributed by atoms with E-state index in [1.54, 1.807) is 0 Å². The van der Waals surface area contributed by atoms with Gasteiger partial charge in [0.15, 0.2) is 0 Å². The van der Waals surface area contributed by atoms with Gasteiger partial charge in [0.05, 0.1) is 12.1 Å². The minimum atomic E-state index is 0.357. The lowest BCUT2D eigenvalue weighted by Gasteiger charge is -2.25. The van der Waals surface area contributed by atoms with Gasteiger partial charge in [0.25, 0.3) is 0 Å². The molecule has 0 aromatic rings. The molecule has 0 bridgehead atoms. The summed E-state index contributed by atoms with van der Waals surface area (Å²) in [5.41, 5.74) is 1.42. The second kappa shape index (κ2) is 4.06. The van der Waals surface area contributed by atoms with Crippen LogP contribution in [0, 0.1) is 5.92 Å². The third-order valence-electron chi connectivity index (χ3n) is 3.82. The molecule has 3 aliphatic rings. The number of rotatable bonds is 2. The quantitative estimate of drug-likeness (QED) is 0.752. The van der Waals surface area contributed by atoms with Gasteiger partial charge in [0.1, 0.15) is 0 Å². The van der Waals surface area contributed by atoms with Crippen LogP contribution < -0.4 is 5.32 Å². The first kappa shape index (κ1) is 10.1. The molecule has 3 unspecified atom stereocenters. The largest absolute Gasteiger partial charge is 0.372 e. The molecule has 0 spiro atoms. The fraction of sp³-hybridized carbons (Fsp3) is 0.615. The molecule has 1 fully saturated rings. The van der Waals surface area contributed by atoms with Gasteiger partial charge in [-0.2, -0.15) is 0 Å². The Hall–Kier alpha value is -1.09. The van der Waals surface area contributed by atoms with E-state index in [0.29, 0.717) is 12.1 Å². The summed E-state index contributed by atoms with van der Waals surface area (Å²) < 4.78 is 0. The van der Waals surface area contributed by atoms with Crippen molar-refractivity contribution in [1.29, 1.82) is 0 Å². The third kappa shape index (κ3) is 1.80. The minimum absolute atomic E-state index is 0.357. The predicted octanol–water partition coefficient (Wildman–Crippen LogP) is 1.19. The van der Waals surface area contributed by atoms with E-state index in [0.717, 1.165) is 5.92 Å². The van der Waals surface area contributed by atoms with E-state index in [4.69, 9.17) is 0 Å². The Morgan fingerprint density at radius 1 is 1.56 bits per heavy atom. The monoisotopic (exact) mass is 217 g/mol. The van der Waals surface area contributed by atoms with Gasteiger partial charge < -0.3 is 10.2 Å². The molecule has 3 aliphatic heterocycles. The number of fused-ring (bicyclic) bond motifs is 1. The number of likely N-dealkylation sites (N-methyl/N-ethyl adjacent to an activating group) is 1. The number of hydrogen-bond donors (Lipinski definition) is 1. The van der Waals surface area contributed by atoms with Crippen LogP contribution in [0.5, 0.6) is 0 Å². The molecule has 0 aromatic heterocycles. The highest BCUT2D eigenvalue weighted by Crippen LogP contribution is 2.25. The van der Waals surface area contributed by atoms with Crippen molar-refractivity contribution in [2.75, 3.05) is 20.1 Å². The van der Waals surface area contributed by atoms with Crippen molar-refractivity contribution in [2.45, 2.75) is 24.9 Å². The zero-order valence-electron chi connectivity index (χ0n) is 9.76. The molecule has 0 amide bonds. The molecule has 0 saturated carbocycles. The van der Waals surface area contributed by atoms with Crippen molar-refractivity contribution in [3.05, 3.63) is 23.9 Å². The van der Waals surface area contributed by atoms with Crippen LogP contribution in [0.25, 0.3) is 0 Å². The molecule has 3 rings (SSSR count). The summed E-state index contributed by atoms with van der Waals surface area (Å²) in [4.78, 5) is 6.88. The molecule has 0 radical (unpaired) electrons. The number of allylic oxidation sites excluding steroid dienone is 1. The average Bonchev–Trinajstić information content (AvgIpc) is 2.90. The number of nitrogens with zero attached hydrogens (tertiary/aromatic N) is 2. The topological polar surface area (TPSA) is 27.6 Å². The molecule has 3 heteroatoms. The summed E-state index contributed by atoms with van der Waals surface area (Å²) in [5, 5.41) is 3.42. The molecular formula is C13H19N3. The number of aliphatic imine (C=N–C) groups is 1. The summed E-state index contributed by atoms with van der Waals surface area (Å²) in [6.45, 7) is 2.36. The van der Waals surface area contributed by atoms with Gasteiger partial charge in [0, 0.05) is 13.3 Å². The summed E-state index contributed by atoms with van der Waals surface area (Å²) in [7, 11) is 2.13. The lowest BCUT2D eigenvalue weighted by atomic mass is 9.95. The molecule has 1 N–H and O–H groups in total. The molecule has 16 heavy (non-hydrogen) atoms. The smallest absolute Gasteiger partial charge is 0.0935 e. The second-order valence-corrected chi connectivity index (χ2v) is 5.07. The van der Waals surface area contributed by atoms with E-state index in [1.165, 1.54) is 31.5 Å². The SMILES string of the molecule is CN1C=CC2N=CC(CC3CCNC3)=CC21. The Labute approximate surface area is 96.9 Å². The first-order valence-electron chi connectivity index (χ1n) is 6.18. The summed E-state index contributed by atoms with van der Waals surface area (Å²) in [6.07, 6.45) is 11.3. The van der Waals surface area contributed by atoms with E-state index in [9.17, 15) is 0 Å². The molecule has 0 aliphatic carbocycles. The summed E-state index contributed by atoms with van der Waals surface area (Å²) >= 11 is 0. The lowest BCUT2D eigenvalue weighted by Crippen LogP contribution is -2.32. The Kier molecular flexibility index (Phi) is 2.56. The number of hydrogen-bond acceptors (Lipinski definition) is 3. The minimum Gasteiger partial charge on any atom is -0.372 e. The van der Waals surface area contributed by atoms with Crippen molar-refractivity contribution < 1.29 is 0 Å². The molecule has 3 nitrogen and oxygen atoms in total. The number of dihydropyridines is 1. The lowest BCUT2D eigenvalue weighted by molar-refractivity contribution is 0.389. The first-order chi connectivity index (χ1) is 7.83. The molecule has 3 heterocycles. The molecule has 86 valence electrons. The molecular weight excluding hydrogens is 198 g/mol. The van der Waals surface area contributed by atoms with Crippen molar-refractivity contribution in [3.8, 4) is 0 Å². The maximum Gasteiger partial charge on any atom is 0.0935 e. The zero-order chi connectivity index (χ0) is 11.0. The molecule has 3 atom stereocenters. The van der Waals surface area contributed by atoms with E-state index in [1.807, 2.05) is 0 Å². The Bertz CT molecular complexity index is 350. The fourth-order valence-electron chi connectivity index (χ4n) is 2.82. The van der Waals surface area contributed by atoms with Crippen molar-refractivity contribution in [3.63, 3.8) is 0 Å². The van der Waals surface area contributed by atoms with E-state index in [-0.39, 0.29) is 0 Å². The van der Waals surface area contributed by atoms with Crippen LogP contribution >= 0.6 is 0 Å². The van der Waals surface area contributed by atoms with Crippen LogP contribution in [0.4, 0.5) is 0 Å². The van der Waals surface area contributed by atoms with Gasteiger partial charge in [-0.1, -0.05) is 6.08 Å². The summed E-state index contributed by atoms with van der Waals surface area (Å²) in [5.74, 6) is 0.814. The van der Waals surface area contributed by atoms with Crippen LogP contribution in [0.1, 0.15) is 12.8 Å². The van der Waals surface area contributed by atoms with Crippen LogP contribution in [0.2, 0.25) is 0 Å². The van der Waals surface area contributed by atoms with Crippen molar-refractivity contribution in [2.24, 2.45) is 10.9 Å². The number of nitrogens with one attached hydrogen (secondary N) is 1. The van der Waals surface area contributed by atoms with Gasteiger partial charge >= 0.3 is 0 Å².